The van der Waals surface area contributed by atoms with Crippen LogP contribution < -0.4 is 11.1 Å². The summed E-state index contributed by atoms with van der Waals surface area (Å²) in [6, 6.07) is 0. The Morgan fingerprint density at radius 3 is 1.52 bits per heavy atom. The Balaban J connectivity index is 2.15. The van der Waals surface area contributed by atoms with Crippen molar-refractivity contribution in [3.8, 4) is 0 Å². The molecule has 0 saturated carbocycles. The zero-order valence-corrected chi connectivity index (χ0v) is 15.7. The molecular weight excluding hydrogens is 282 g/mol. The van der Waals surface area contributed by atoms with Crippen LogP contribution in [-0.4, -0.2) is 44.2 Å². The van der Waals surface area contributed by atoms with E-state index in [0.29, 0.717) is 0 Å². The van der Waals surface area contributed by atoms with Crippen LogP contribution in [0.3, 0.4) is 0 Å². The predicted octanol–water partition coefficient (Wildman–Crippen LogP) is 4.31. The lowest BCUT2D eigenvalue weighted by Crippen LogP contribution is -2.30. The highest BCUT2D eigenvalue weighted by Crippen LogP contribution is 2.13. The van der Waals surface area contributed by atoms with Crippen LogP contribution in [0.4, 0.5) is 0 Å². The minimum Gasteiger partial charge on any atom is -0.330 e. The van der Waals surface area contributed by atoms with Crippen molar-refractivity contribution in [1.29, 1.82) is 0 Å². The maximum Gasteiger partial charge on any atom is -0.000664 e. The quantitative estimate of drug-likeness (QED) is 0.685. The molecule has 0 bridgehead atoms. The van der Waals surface area contributed by atoms with E-state index in [1.807, 2.05) is 0 Å². The number of nitrogens with one attached hydrogen (secondary N) is 1. The van der Waals surface area contributed by atoms with Crippen molar-refractivity contribution in [3.05, 3.63) is 0 Å². The van der Waals surface area contributed by atoms with Crippen LogP contribution in [0.5, 0.6) is 0 Å². The Kier molecular flexibility index (Phi) is 15.2. The van der Waals surface area contributed by atoms with Crippen LogP contribution >= 0.6 is 0 Å². The van der Waals surface area contributed by atoms with Crippen molar-refractivity contribution >= 4 is 0 Å². The topological polar surface area (TPSA) is 41.3 Å². The summed E-state index contributed by atoms with van der Waals surface area (Å²) in [5.41, 5.74) is 5.53. The van der Waals surface area contributed by atoms with E-state index in [9.17, 15) is 0 Å². The molecule has 0 radical (unpaired) electrons. The van der Waals surface area contributed by atoms with Gasteiger partial charge in [0.15, 0.2) is 0 Å². The molecule has 1 heterocycles. The average molecular weight is 326 g/mol. The van der Waals surface area contributed by atoms with Gasteiger partial charge in [-0.1, -0.05) is 64.2 Å². The molecule has 1 aliphatic rings. The van der Waals surface area contributed by atoms with E-state index in [1.54, 1.807) is 0 Å². The molecule has 3 N–H and O–H groups in total. The molecule has 0 aliphatic carbocycles. The molecule has 138 valence electrons. The predicted molar refractivity (Wildman–Crippen MR) is 103 cm³/mol. The van der Waals surface area contributed by atoms with Crippen LogP contribution in [-0.2, 0) is 0 Å². The van der Waals surface area contributed by atoms with Crippen LogP contribution in [0.15, 0.2) is 0 Å². The maximum atomic E-state index is 5.53. The first-order valence-electron chi connectivity index (χ1n) is 10.6. The normalized spacial score (nSPS) is 20.7. The summed E-state index contributed by atoms with van der Waals surface area (Å²) in [6.07, 6.45) is 19.8. The summed E-state index contributed by atoms with van der Waals surface area (Å²) in [5, 5.41) is 3.51. The van der Waals surface area contributed by atoms with Crippen LogP contribution in [0, 0.1) is 0 Å². The van der Waals surface area contributed by atoms with Gasteiger partial charge in [-0.25, -0.2) is 0 Å². The fraction of sp³-hybridized carbons (Fsp3) is 1.00. The zero-order chi connectivity index (χ0) is 16.4. The van der Waals surface area contributed by atoms with E-state index in [4.69, 9.17) is 5.73 Å². The lowest BCUT2D eigenvalue weighted by atomic mass is 10.1. The second-order valence-corrected chi connectivity index (χ2v) is 7.33. The number of hydrogen-bond donors (Lipinski definition) is 2. The van der Waals surface area contributed by atoms with Gasteiger partial charge in [-0.05, 0) is 65.0 Å². The average Bonchev–Trinajstić information content (AvgIpc) is 2.57. The standard InChI is InChI=1S/C20H43N3/c21-15-13-16-22-17-14-20-23-18-11-9-7-5-3-1-2-4-6-8-10-12-19-23/h22H,1-21H2. The van der Waals surface area contributed by atoms with Gasteiger partial charge in [0.2, 0.25) is 0 Å². The highest BCUT2D eigenvalue weighted by Gasteiger charge is 2.05. The van der Waals surface area contributed by atoms with E-state index in [-0.39, 0.29) is 0 Å². The van der Waals surface area contributed by atoms with Gasteiger partial charge in [-0.15, -0.1) is 0 Å². The third-order valence-corrected chi connectivity index (χ3v) is 5.08. The Morgan fingerprint density at radius 2 is 1.04 bits per heavy atom. The van der Waals surface area contributed by atoms with E-state index >= 15 is 0 Å². The SMILES string of the molecule is NCCCNCCCN1CCCCCCCCCCCCCC1. The van der Waals surface area contributed by atoms with Crippen molar-refractivity contribution in [2.75, 3.05) is 39.3 Å². The summed E-state index contributed by atoms with van der Waals surface area (Å²) in [7, 11) is 0. The molecule has 1 saturated heterocycles. The highest BCUT2D eigenvalue weighted by molar-refractivity contribution is 4.62. The zero-order valence-electron chi connectivity index (χ0n) is 15.7. The minimum atomic E-state index is 0.805. The van der Waals surface area contributed by atoms with Crippen molar-refractivity contribution in [3.63, 3.8) is 0 Å². The van der Waals surface area contributed by atoms with Crippen molar-refractivity contribution in [2.45, 2.75) is 89.9 Å². The van der Waals surface area contributed by atoms with Crippen LogP contribution in [0.25, 0.3) is 0 Å². The Hall–Kier alpha value is -0.120. The van der Waals surface area contributed by atoms with Crippen molar-refractivity contribution < 1.29 is 0 Å². The molecule has 1 aliphatic heterocycles. The lowest BCUT2D eigenvalue weighted by Gasteiger charge is -2.22. The second kappa shape index (κ2) is 16.7. The van der Waals surface area contributed by atoms with Gasteiger partial charge in [0, 0.05) is 0 Å². The monoisotopic (exact) mass is 325 g/mol. The van der Waals surface area contributed by atoms with Gasteiger partial charge in [0.05, 0.1) is 0 Å². The molecule has 23 heavy (non-hydrogen) atoms. The van der Waals surface area contributed by atoms with Gasteiger partial charge in [-0.2, -0.15) is 0 Å². The Labute approximate surface area is 145 Å². The largest absolute Gasteiger partial charge is 0.330 e. The first-order valence-corrected chi connectivity index (χ1v) is 10.6. The summed E-state index contributed by atoms with van der Waals surface area (Å²) in [6.45, 7) is 6.95. The van der Waals surface area contributed by atoms with Crippen LogP contribution in [0.1, 0.15) is 89.9 Å². The minimum absolute atomic E-state index is 0.805. The van der Waals surface area contributed by atoms with Gasteiger partial charge >= 0.3 is 0 Å². The smallest absolute Gasteiger partial charge is 0.000664 e. The third-order valence-electron chi connectivity index (χ3n) is 5.08. The molecule has 3 nitrogen and oxygen atoms in total. The van der Waals surface area contributed by atoms with E-state index in [0.717, 1.165) is 26.1 Å². The third kappa shape index (κ3) is 14.0. The molecule has 1 fully saturated rings. The Bertz CT molecular complexity index is 217. The second-order valence-electron chi connectivity index (χ2n) is 7.33. The Morgan fingerprint density at radius 1 is 0.609 bits per heavy atom. The maximum absolute atomic E-state index is 5.53. The molecule has 0 aromatic carbocycles. The highest BCUT2D eigenvalue weighted by atomic mass is 15.1. The number of hydrogen-bond acceptors (Lipinski definition) is 3. The molecule has 1 rings (SSSR count). The molecular formula is C20H43N3. The van der Waals surface area contributed by atoms with Gasteiger partial charge < -0.3 is 16.0 Å². The van der Waals surface area contributed by atoms with Gasteiger partial charge in [0.25, 0.3) is 0 Å². The van der Waals surface area contributed by atoms with Gasteiger partial charge in [0.1, 0.15) is 0 Å². The molecule has 0 aromatic heterocycles. The molecule has 0 atom stereocenters. The first-order chi connectivity index (χ1) is 11.4. The van der Waals surface area contributed by atoms with E-state index in [1.165, 1.54) is 103 Å². The number of nitrogens with two attached hydrogens (primary N) is 1. The molecule has 0 unspecified atom stereocenters. The fourth-order valence-electron chi connectivity index (χ4n) is 3.55. The van der Waals surface area contributed by atoms with Gasteiger partial charge in [-0.3, -0.25) is 0 Å². The lowest BCUT2D eigenvalue weighted by molar-refractivity contribution is 0.256. The summed E-state index contributed by atoms with van der Waals surface area (Å²) >= 11 is 0. The van der Waals surface area contributed by atoms with Crippen molar-refractivity contribution in [1.82, 2.24) is 10.2 Å². The molecule has 0 spiro atoms. The number of nitrogens with zero attached hydrogens (tertiary/aromatic N) is 1. The summed E-state index contributed by atoms with van der Waals surface area (Å²) in [5.74, 6) is 0. The summed E-state index contributed by atoms with van der Waals surface area (Å²) in [4.78, 5) is 2.73. The fourth-order valence-corrected chi connectivity index (χ4v) is 3.55. The van der Waals surface area contributed by atoms with E-state index < -0.39 is 0 Å². The van der Waals surface area contributed by atoms with E-state index in [2.05, 4.69) is 10.2 Å². The summed E-state index contributed by atoms with van der Waals surface area (Å²) < 4.78 is 0. The molecule has 3 heteroatoms. The number of rotatable bonds is 7. The van der Waals surface area contributed by atoms with Crippen molar-refractivity contribution in [2.24, 2.45) is 5.73 Å². The molecule has 0 amide bonds. The first kappa shape index (κ1) is 20.9. The molecule has 0 aromatic rings. The van der Waals surface area contributed by atoms with Crippen LogP contribution in [0.2, 0.25) is 0 Å².